The van der Waals surface area contributed by atoms with Crippen LogP contribution < -0.4 is 4.74 Å². The van der Waals surface area contributed by atoms with Crippen molar-refractivity contribution in [3.8, 4) is 16.2 Å². The maximum Gasteiger partial charge on any atom is 0.348 e. The van der Waals surface area contributed by atoms with Crippen molar-refractivity contribution in [3.05, 3.63) is 70.1 Å². The minimum Gasteiger partial charge on any atom is -0.497 e. The summed E-state index contributed by atoms with van der Waals surface area (Å²) in [5, 5.41) is 0. The number of methoxy groups -OCH3 is 1. The third kappa shape index (κ3) is 3.75. The van der Waals surface area contributed by atoms with E-state index < -0.39 is 0 Å². The fourth-order valence-corrected chi connectivity index (χ4v) is 4.85. The summed E-state index contributed by atoms with van der Waals surface area (Å²) in [7, 11) is 1.68. The summed E-state index contributed by atoms with van der Waals surface area (Å²) in [5.41, 5.74) is 4.71. The van der Waals surface area contributed by atoms with Crippen LogP contribution in [0.3, 0.4) is 0 Å². The van der Waals surface area contributed by atoms with Gasteiger partial charge in [0.25, 0.3) is 0 Å². The van der Waals surface area contributed by atoms with E-state index in [9.17, 15) is 4.79 Å². The zero-order chi connectivity index (χ0) is 18.8. The van der Waals surface area contributed by atoms with E-state index in [-0.39, 0.29) is 5.97 Å². The molecule has 2 aromatic carbocycles. The Balaban J connectivity index is 1.50. The lowest BCUT2D eigenvalue weighted by atomic mass is 9.91. The van der Waals surface area contributed by atoms with Crippen LogP contribution in [0, 0.1) is 0 Å². The highest BCUT2D eigenvalue weighted by atomic mass is 32.2. The van der Waals surface area contributed by atoms with Crippen LogP contribution in [0.1, 0.15) is 26.4 Å². The van der Waals surface area contributed by atoms with E-state index in [1.54, 1.807) is 18.9 Å². The Hall–Kier alpha value is -2.24. The molecule has 3 aromatic rings. The molecule has 27 heavy (non-hydrogen) atoms. The van der Waals surface area contributed by atoms with Crippen molar-refractivity contribution in [2.45, 2.75) is 24.3 Å². The predicted molar refractivity (Wildman–Crippen MR) is 111 cm³/mol. The predicted octanol–water partition coefficient (Wildman–Crippen LogP) is 5.60. The van der Waals surface area contributed by atoms with Gasteiger partial charge in [0.1, 0.15) is 17.2 Å². The number of fused-ring (bicyclic) bond motifs is 3. The molecule has 0 bridgehead atoms. The van der Waals surface area contributed by atoms with Crippen LogP contribution in [0.4, 0.5) is 0 Å². The second kappa shape index (κ2) is 7.79. The van der Waals surface area contributed by atoms with Gasteiger partial charge in [-0.25, -0.2) is 4.79 Å². The number of thiophene rings is 1. The highest BCUT2D eigenvalue weighted by molar-refractivity contribution is 7.98. The minimum absolute atomic E-state index is 0.251. The van der Waals surface area contributed by atoms with Crippen molar-refractivity contribution in [3.63, 3.8) is 0 Å². The van der Waals surface area contributed by atoms with Crippen molar-refractivity contribution in [1.29, 1.82) is 0 Å². The molecule has 0 saturated carbocycles. The first kappa shape index (κ1) is 18.1. The largest absolute Gasteiger partial charge is 0.497 e. The van der Waals surface area contributed by atoms with Crippen molar-refractivity contribution in [1.82, 2.24) is 0 Å². The summed E-state index contributed by atoms with van der Waals surface area (Å²) in [6.07, 6.45) is 3.95. The maximum atomic E-state index is 12.5. The summed E-state index contributed by atoms with van der Waals surface area (Å²) in [5.74, 6) is 0.624. The van der Waals surface area contributed by atoms with E-state index in [1.807, 2.05) is 42.7 Å². The van der Waals surface area contributed by atoms with Gasteiger partial charge in [0.2, 0.25) is 0 Å². The molecule has 0 aliphatic heterocycles. The number of thioether (sulfide) groups is 1. The van der Waals surface area contributed by atoms with Crippen LogP contribution in [0.15, 0.2) is 53.4 Å². The van der Waals surface area contributed by atoms with Crippen LogP contribution in [-0.2, 0) is 24.2 Å². The minimum atomic E-state index is -0.251. The van der Waals surface area contributed by atoms with Crippen molar-refractivity contribution >= 4 is 29.1 Å². The number of carbonyl (C=O) groups excluding carboxylic acids is 1. The molecule has 0 unspecified atom stereocenters. The third-order valence-electron chi connectivity index (χ3n) is 4.76. The van der Waals surface area contributed by atoms with Gasteiger partial charge in [-0.05, 0) is 77.7 Å². The quantitative estimate of drug-likeness (QED) is 0.415. The average Bonchev–Trinajstić information content (AvgIpc) is 3.16. The van der Waals surface area contributed by atoms with Crippen LogP contribution in [0.2, 0.25) is 0 Å². The van der Waals surface area contributed by atoms with Gasteiger partial charge in [-0.15, -0.1) is 23.1 Å². The smallest absolute Gasteiger partial charge is 0.348 e. The number of carbonyl (C=O) groups is 1. The molecular weight excluding hydrogens is 376 g/mol. The van der Waals surface area contributed by atoms with Crippen LogP contribution in [-0.4, -0.2) is 19.3 Å². The fourth-order valence-electron chi connectivity index (χ4n) is 3.28. The van der Waals surface area contributed by atoms with Crippen molar-refractivity contribution in [2.75, 3.05) is 13.4 Å². The molecule has 1 aromatic heterocycles. The molecule has 4 rings (SSSR count). The maximum absolute atomic E-state index is 12.5. The molecule has 138 valence electrons. The molecule has 0 amide bonds. The molecule has 0 fully saturated rings. The Labute approximate surface area is 167 Å². The van der Waals surface area contributed by atoms with Gasteiger partial charge in [0, 0.05) is 9.77 Å². The molecule has 1 heterocycles. The molecular formula is C22H20O3S2. The van der Waals surface area contributed by atoms with Crippen LogP contribution >= 0.6 is 23.1 Å². The van der Waals surface area contributed by atoms with Gasteiger partial charge in [-0.2, -0.15) is 0 Å². The third-order valence-corrected chi connectivity index (χ3v) is 6.69. The van der Waals surface area contributed by atoms with E-state index in [0.29, 0.717) is 11.5 Å². The van der Waals surface area contributed by atoms with E-state index in [1.165, 1.54) is 37.8 Å². The first-order valence-electron chi connectivity index (χ1n) is 8.78. The SMILES string of the molecule is COc1ccc2c(c1)CCc1cc(C(=O)OCc3ccc(SC)cc3)sc1-2. The Morgan fingerprint density at radius 3 is 2.59 bits per heavy atom. The van der Waals surface area contributed by atoms with Crippen LogP contribution in [0.25, 0.3) is 10.4 Å². The van der Waals surface area contributed by atoms with Gasteiger partial charge >= 0.3 is 5.97 Å². The molecule has 0 atom stereocenters. The summed E-state index contributed by atoms with van der Waals surface area (Å²) in [4.78, 5) is 15.6. The topological polar surface area (TPSA) is 35.5 Å². The Kier molecular flexibility index (Phi) is 5.23. The molecule has 0 saturated heterocycles. The molecule has 0 spiro atoms. The first-order chi connectivity index (χ1) is 13.2. The van der Waals surface area contributed by atoms with Gasteiger partial charge in [-0.1, -0.05) is 12.1 Å². The number of esters is 1. The first-order valence-corrected chi connectivity index (χ1v) is 10.8. The number of hydrogen-bond acceptors (Lipinski definition) is 5. The van der Waals surface area contributed by atoms with Gasteiger partial charge < -0.3 is 9.47 Å². The monoisotopic (exact) mass is 396 g/mol. The van der Waals surface area contributed by atoms with Gasteiger partial charge in [0.15, 0.2) is 0 Å². The lowest BCUT2D eigenvalue weighted by Crippen LogP contribution is -2.03. The zero-order valence-electron chi connectivity index (χ0n) is 15.3. The molecule has 1 aliphatic rings. The van der Waals surface area contributed by atoms with Gasteiger partial charge in [-0.3, -0.25) is 0 Å². The lowest BCUT2D eigenvalue weighted by molar-refractivity contribution is 0.0478. The number of ether oxygens (including phenoxy) is 2. The van der Waals surface area contributed by atoms with E-state index in [0.717, 1.165) is 24.2 Å². The number of aryl methyl sites for hydroxylation is 2. The van der Waals surface area contributed by atoms with Crippen molar-refractivity contribution < 1.29 is 14.3 Å². The molecule has 5 heteroatoms. The second-order valence-electron chi connectivity index (χ2n) is 6.41. The fraction of sp³-hybridized carbons (Fsp3) is 0.227. The highest BCUT2D eigenvalue weighted by Crippen LogP contribution is 2.41. The summed E-state index contributed by atoms with van der Waals surface area (Å²) < 4.78 is 10.9. The number of rotatable bonds is 5. The Morgan fingerprint density at radius 2 is 1.85 bits per heavy atom. The van der Waals surface area contributed by atoms with E-state index in [4.69, 9.17) is 9.47 Å². The standard InChI is InChI=1S/C22H20O3S2/c1-24-17-7-10-19-15(11-17)5-6-16-12-20(27-21(16)19)22(23)25-13-14-3-8-18(26-2)9-4-14/h3-4,7-12H,5-6,13H2,1-2H3. The number of benzene rings is 2. The summed E-state index contributed by atoms with van der Waals surface area (Å²) in [6.45, 7) is 0.295. The highest BCUT2D eigenvalue weighted by Gasteiger charge is 2.22. The Morgan fingerprint density at radius 1 is 1.07 bits per heavy atom. The summed E-state index contributed by atoms with van der Waals surface area (Å²) >= 11 is 3.22. The number of hydrogen-bond donors (Lipinski definition) is 0. The van der Waals surface area contributed by atoms with Crippen LogP contribution in [0.5, 0.6) is 5.75 Å². The molecule has 3 nitrogen and oxygen atoms in total. The summed E-state index contributed by atoms with van der Waals surface area (Å²) in [6, 6.07) is 16.2. The van der Waals surface area contributed by atoms with Gasteiger partial charge in [0.05, 0.1) is 7.11 Å². The Bertz CT molecular complexity index is 974. The lowest BCUT2D eigenvalue weighted by Gasteiger charge is -2.16. The molecule has 1 aliphatic carbocycles. The zero-order valence-corrected chi connectivity index (χ0v) is 16.9. The molecule has 0 radical (unpaired) electrons. The molecule has 0 N–H and O–H groups in total. The second-order valence-corrected chi connectivity index (χ2v) is 8.34. The average molecular weight is 397 g/mol. The van der Waals surface area contributed by atoms with E-state index >= 15 is 0 Å². The van der Waals surface area contributed by atoms with Crippen molar-refractivity contribution in [2.24, 2.45) is 0 Å². The van der Waals surface area contributed by atoms with E-state index in [2.05, 4.69) is 12.1 Å². The normalized spacial score (nSPS) is 12.2.